The Morgan fingerprint density at radius 2 is 1.10 bits per heavy atom. The first-order valence-electron chi connectivity index (χ1n) is 21.6. The molecule has 0 amide bonds. The Bertz CT molecular complexity index is 2780. The van der Waals surface area contributed by atoms with E-state index in [0.717, 1.165) is 52.1 Å². The largest absolute Gasteiger partial charge is 0.497 e. The normalized spacial score (nSPS) is 21.4. The molecule has 4 aromatic heterocycles. The topological polar surface area (TPSA) is 22.4 Å². The van der Waals surface area contributed by atoms with Crippen LogP contribution in [0.25, 0.3) is 52.9 Å². The van der Waals surface area contributed by atoms with Gasteiger partial charge in [0.05, 0.1) is 12.0 Å². The second-order valence-electron chi connectivity index (χ2n) is 21.6. The van der Waals surface area contributed by atoms with Gasteiger partial charge in [-0.3, -0.25) is 0 Å². The third kappa shape index (κ3) is 6.58. The summed E-state index contributed by atoms with van der Waals surface area (Å²) in [7, 11) is 1.39. The van der Waals surface area contributed by atoms with E-state index in [1.165, 1.54) is 52.9 Å². The van der Waals surface area contributed by atoms with E-state index in [0.29, 0.717) is 9.75 Å². The molecule has 63 heavy (non-hydrogen) atoms. The highest BCUT2D eigenvalue weighted by Crippen LogP contribution is 2.68. The average Bonchev–Trinajstić information content (AvgIpc) is 4.02. The summed E-state index contributed by atoms with van der Waals surface area (Å²) in [6, 6.07) is 17.0. The number of rotatable bonds is 6. The van der Waals surface area contributed by atoms with Crippen LogP contribution in [0.4, 0.5) is 26.3 Å². The summed E-state index contributed by atoms with van der Waals surface area (Å²) in [5.41, 5.74) is -1.24. The van der Waals surface area contributed by atoms with Crippen molar-refractivity contribution in [3.63, 3.8) is 0 Å². The van der Waals surface area contributed by atoms with E-state index in [4.69, 9.17) is 9.15 Å². The Morgan fingerprint density at radius 3 is 1.63 bits per heavy atom. The van der Waals surface area contributed by atoms with Crippen molar-refractivity contribution in [3.8, 4) is 36.6 Å². The van der Waals surface area contributed by atoms with Crippen molar-refractivity contribution in [1.29, 1.82) is 0 Å². The lowest BCUT2D eigenvalue weighted by Crippen LogP contribution is -2.48. The molecule has 2 aromatic carbocycles. The molecule has 9 rings (SSSR count). The van der Waals surface area contributed by atoms with E-state index < -0.39 is 34.5 Å². The first-order chi connectivity index (χ1) is 29.0. The summed E-state index contributed by atoms with van der Waals surface area (Å²) in [4.78, 5) is 4.49. The SMILES string of the molecule is COc1ccc2oc(-c3ccc(C(C)(C)C)cc3)c(C3=C(c4cc(-c5cc6c(s5)C(C)(C)CCC6(C)C)sc4-c4cc5c(s4)C(C)(C)CCC5(C)C)C(F)(F)C(F)(F)C3(F)F)c2c1. The van der Waals surface area contributed by atoms with Crippen LogP contribution in [-0.2, 0) is 27.1 Å². The van der Waals surface area contributed by atoms with Gasteiger partial charge in [-0.05, 0) is 106 Å². The molecule has 6 aromatic rings. The molecule has 0 unspecified atom stereocenters. The Labute approximate surface area is 378 Å². The van der Waals surface area contributed by atoms with Crippen molar-refractivity contribution < 1.29 is 35.5 Å². The highest BCUT2D eigenvalue weighted by atomic mass is 32.1. The zero-order valence-electron chi connectivity index (χ0n) is 37.9. The van der Waals surface area contributed by atoms with Crippen molar-refractivity contribution in [2.24, 2.45) is 0 Å². The molecule has 0 fully saturated rings. The summed E-state index contributed by atoms with van der Waals surface area (Å²) in [6.45, 7) is 23.5. The molecule has 0 N–H and O–H groups in total. The van der Waals surface area contributed by atoms with Crippen molar-refractivity contribution in [1.82, 2.24) is 0 Å². The van der Waals surface area contributed by atoms with Gasteiger partial charge in [-0.2, -0.15) is 26.3 Å². The maximum Gasteiger partial charge on any atom is 0.380 e. The van der Waals surface area contributed by atoms with Crippen molar-refractivity contribution >= 4 is 56.1 Å². The monoisotopic (exact) mass is 920 g/mol. The van der Waals surface area contributed by atoms with Crippen molar-refractivity contribution in [2.75, 3.05) is 7.11 Å². The van der Waals surface area contributed by atoms with Gasteiger partial charge in [0.2, 0.25) is 0 Å². The van der Waals surface area contributed by atoms with Gasteiger partial charge in [0.25, 0.3) is 0 Å². The molecule has 2 nitrogen and oxygen atoms in total. The van der Waals surface area contributed by atoms with Gasteiger partial charge in [-0.1, -0.05) is 100 Å². The number of fused-ring (bicyclic) bond motifs is 3. The minimum atomic E-state index is -5.80. The number of methoxy groups -OCH3 is 1. The number of allylic oxidation sites excluding steroid dienone is 2. The molecule has 3 aliphatic rings. The average molecular weight is 921 g/mol. The maximum atomic E-state index is 17.3. The molecular weight excluding hydrogens is 867 g/mol. The minimum absolute atomic E-state index is 0.0348. The van der Waals surface area contributed by atoms with E-state index >= 15 is 26.3 Å². The number of furan rings is 1. The van der Waals surface area contributed by atoms with Gasteiger partial charge in [0, 0.05) is 57.6 Å². The van der Waals surface area contributed by atoms with Gasteiger partial charge < -0.3 is 9.15 Å². The summed E-state index contributed by atoms with van der Waals surface area (Å²) < 4.78 is 114. The van der Waals surface area contributed by atoms with Gasteiger partial charge in [0.1, 0.15) is 17.1 Å². The molecule has 11 heteroatoms. The maximum absolute atomic E-state index is 17.3. The minimum Gasteiger partial charge on any atom is -0.497 e. The summed E-state index contributed by atoms with van der Waals surface area (Å²) in [5.74, 6) is -16.4. The molecule has 0 saturated carbocycles. The number of hydrogen-bond donors (Lipinski definition) is 0. The number of benzene rings is 2. The molecule has 0 aliphatic heterocycles. The highest BCUT2D eigenvalue weighted by molar-refractivity contribution is 7.27. The van der Waals surface area contributed by atoms with Gasteiger partial charge in [0.15, 0.2) is 0 Å². The third-order valence-electron chi connectivity index (χ3n) is 14.2. The number of halogens is 6. The number of thiophene rings is 3. The second kappa shape index (κ2) is 13.9. The Kier molecular flexibility index (Phi) is 9.77. The van der Waals surface area contributed by atoms with Crippen molar-refractivity contribution in [2.45, 2.75) is 147 Å². The van der Waals surface area contributed by atoms with Crippen LogP contribution in [0, 0.1) is 0 Å². The second-order valence-corrected chi connectivity index (χ2v) is 24.7. The van der Waals surface area contributed by atoms with Crippen LogP contribution in [0.2, 0.25) is 0 Å². The smallest absolute Gasteiger partial charge is 0.380 e. The quantitative estimate of drug-likeness (QED) is 0.155. The van der Waals surface area contributed by atoms with E-state index in [9.17, 15) is 0 Å². The lowest BCUT2D eigenvalue weighted by molar-refractivity contribution is -0.254. The molecule has 0 spiro atoms. The van der Waals surface area contributed by atoms with E-state index in [1.54, 1.807) is 29.5 Å². The first-order valence-corrected chi connectivity index (χ1v) is 24.0. The molecule has 0 radical (unpaired) electrons. The first kappa shape index (κ1) is 44.4. The van der Waals surface area contributed by atoms with Crippen LogP contribution in [-0.4, -0.2) is 24.9 Å². The molecule has 4 heterocycles. The fraction of sp³-hybridized carbons (Fsp3) is 0.462. The van der Waals surface area contributed by atoms with Crippen molar-refractivity contribution in [3.05, 3.63) is 98.2 Å². The summed E-state index contributed by atoms with van der Waals surface area (Å²) >= 11 is 4.24. The third-order valence-corrected chi connectivity index (χ3v) is 18.7. The van der Waals surface area contributed by atoms with Crippen LogP contribution in [0.15, 0.2) is 65.1 Å². The van der Waals surface area contributed by atoms with Gasteiger partial charge >= 0.3 is 17.8 Å². The molecule has 0 atom stereocenters. The van der Waals surface area contributed by atoms with Gasteiger partial charge in [-0.15, -0.1) is 34.0 Å². The van der Waals surface area contributed by atoms with E-state index in [1.807, 2.05) is 39.0 Å². The van der Waals surface area contributed by atoms with E-state index in [2.05, 4.69) is 61.5 Å². The standard InChI is InChI=1S/C52H54F6O2S3/c1-45(2,3)28-15-13-27(14-16-28)41-38(30-23-29(59-12)17-18-34(30)60-41)40-39(50(53,54)52(57,58)51(40,55)56)31-24-35(36-25-32-43(62-36)48(8,9)21-19-46(32,4)5)61-42(31)37-26-33-44(63-37)49(10,11)22-20-47(33,6)7/h13-18,23-26H,19-22H2,1-12H3. The zero-order chi connectivity index (χ0) is 45.8. The van der Waals surface area contributed by atoms with Gasteiger partial charge in [-0.25, -0.2) is 0 Å². The lowest BCUT2D eigenvalue weighted by Gasteiger charge is -2.39. The fourth-order valence-corrected chi connectivity index (χ4v) is 14.1. The van der Waals surface area contributed by atoms with E-state index in [-0.39, 0.29) is 65.6 Å². The Morgan fingerprint density at radius 1 is 0.587 bits per heavy atom. The molecule has 3 aliphatic carbocycles. The fourth-order valence-electron chi connectivity index (χ4n) is 9.84. The zero-order valence-corrected chi connectivity index (χ0v) is 40.4. The molecule has 0 bridgehead atoms. The molecule has 0 saturated heterocycles. The number of ether oxygens (including phenoxy) is 1. The lowest BCUT2D eigenvalue weighted by atomic mass is 9.67. The predicted molar refractivity (Wildman–Crippen MR) is 250 cm³/mol. The molecule has 334 valence electrons. The van der Waals surface area contributed by atoms with Crippen LogP contribution in [0.3, 0.4) is 0 Å². The highest BCUT2D eigenvalue weighted by Gasteiger charge is 2.81. The van der Waals surface area contributed by atoms with Crippen LogP contribution < -0.4 is 4.74 Å². The summed E-state index contributed by atoms with van der Waals surface area (Å²) in [5, 5.41) is -0.0348. The number of alkyl halides is 6. The summed E-state index contributed by atoms with van der Waals surface area (Å²) in [6.07, 6.45) is 3.69. The van der Waals surface area contributed by atoms with Crippen LogP contribution in [0.1, 0.15) is 139 Å². The van der Waals surface area contributed by atoms with Crippen LogP contribution in [0.5, 0.6) is 5.75 Å². The number of hydrogen-bond acceptors (Lipinski definition) is 5. The molecular formula is C52H54F6O2S3. The predicted octanol–water partition coefficient (Wildman–Crippen LogP) is 17.5. The van der Waals surface area contributed by atoms with Crippen LogP contribution >= 0.6 is 34.0 Å². The Balaban J connectivity index is 1.40. The Hall–Kier alpha value is -3.80.